The van der Waals surface area contributed by atoms with Crippen LogP contribution < -0.4 is 5.73 Å². The lowest BCUT2D eigenvalue weighted by Crippen LogP contribution is -2.17. The van der Waals surface area contributed by atoms with Crippen molar-refractivity contribution in [2.24, 2.45) is 0 Å². The smallest absolute Gasteiger partial charge is 0.165 e. The van der Waals surface area contributed by atoms with Crippen molar-refractivity contribution in [3.63, 3.8) is 0 Å². The number of sulfone groups is 1. The average molecular weight is 218 g/mol. The summed E-state index contributed by atoms with van der Waals surface area (Å²) in [5.41, 5.74) is 5.33. The summed E-state index contributed by atoms with van der Waals surface area (Å²) >= 11 is 0. The summed E-state index contributed by atoms with van der Waals surface area (Å²) in [6, 6.07) is 0. The van der Waals surface area contributed by atoms with Crippen LogP contribution in [0.3, 0.4) is 0 Å². The molecule has 0 amide bonds. The van der Waals surface area contributed by atoms with E-state index in [1.165, 1.54) is 11.0 Å². The number of hydrogen-bond donors (Lipinski definition) is 1. The fourth-order valence-electron chi connectivity index (χ4n) is 1.05. The maximum atomic E-state index is 11.3. The normalized spacial score (nSPS) is 11.8. The van der Waals surface area contributed by atoms with Crippen LogP contribution >= 0.6 is 0 Å². The van der Waals surface area contributed by atoms with Gasteiger partial charge in [0.05, 0.1) is 18.5 Å². The minimum absolute atomic E-state index is 0.0644. The molecule has 2 N–H and O–H groups in total. The SMILES string of the molecule is CCCS(=O)(=O)CCn1ncc(N)n1. The molecule has 0 aliphatic heterocycles. The maximum absolute atomic E-state index is 11.3. The van der Waals surface area contributed by atoms with E-state index in [0.717, 1.165) is 0 Å². The van der Waals surface area contributed by atoms with Crippen molar-refractivity contribution in [2.75, 3.05) is 17.2 Å². The molecule has 0 fully saturated rings. The summed E-state index contributed by atoms with van der Waals surface area (Å²) in [6.07, 6.45) is 2.03. The van der Waals surface area contributed by atoms with E-state index in [1.54, 1.807) is 0 Å². The molecular weight excluding hydrogens is 204 g/mol. The highest BCUT2D eigenvalue weighted by atomic mass is 32.2. The fourth-order valence-corrected chi connectivity index (χ4v) is 2.32. The second-order valence-electron chi connectivity index (χ2n) is 3.02. The van der Waals surface area contributed by atoms with E-state index in [2.05, 4.69) is 10.2 Å². The van der Waals surface area contributed by atoms with Crippen LogP contribution in [0.15, 0.2) is 6.20 Å². The van der Waals surface area contributed by atoms with Gasteiger partial charge in [0.2, 0.25) is 0 Å². The number of nitrogen functional groups attached to an aromatic ring is 1. The molecule has 0 spiro atoms. The Morgan fingerprint density at radius 3 is 2.71 bits per heavy atom. The summed E-state index contributed by atoms with van der Waals surface area (Å²) in [5, 5.41) is 7.59. The molecule has 1 rings (SSSR count). The molecule has 1 aromatic heterocycles. The molecule has 0 unspecified atom stereocenters. The molecule has 0 radical (unpaired) electrons. The van der Waals surface area contributed by atoms with Crippen molar-refractivity contribution < 1.29 is 8.42 Å². The first kappa shape index (κ1) is 11.0. The van der Waals surface area contributed by atoms with E-state index in [1.807, 2.05) is 6.92 Å². The highest BCUT2D eigenvalue weighted by Gasteiger charge is 2.09. The molecule has 14 heavy (non-hydrogen) atoms. The number of hydrogen-bond acceptors (Lipinski definition) is 5. The Balaban J connectivity index is 2.48. The van der Waals surface area contributed by atoms with Crippen LogP contribution in [0.5, 0.6) is 0 Å². The Kier molecular flexibility index (Phi) is 3.45. The molecule has 0 saturated heterocycles. The molecular formula is C7H14N4O2S. The van der Waals surface area contributed by atoms with Crippen LogP contribution in [0.2, 0.25) is 0 Å². The first-order valence-corrected chi connectivity index (χ1v) is 6.21. The fraction of sp³-hybridized carbons (Fsp3) is 0.714. The van der Waals surface area contributed by atoms with E-state index < -0.39 is 9.84 Å². The van der Waals surface area contributed by atoms with Crippen LogP contribution in [0, 0.1) is 0 Å². The van der Waals surface area contributed by atoms with Gasteiger partial charge in [-0.1, -0.05) is 6.92 Å². The van der Waals surface area contributed by atoms with Crippen molar-refractivity contribution in [1.82, 2.24) is 15.0 Å². The average Bonchev–Trinajstić information content (AvgIpc) is 2.48. The molecule has 6 nitrogen and oxygen atoms in total. The number of aryl methyl sites for hydroxylation is 1. The Labute approximate surface area is 83.0 Å². The van der Waals surface area contributed by atoms with Crippen LogP contribution in [0.4, 0.5) is 5.82 Å². The van der Waals surface area contributed by atoms with Gasteiger partial charge in [-0.25, -0.2) is 8.42 Å². The van der Waals surface area contributed by atoms with Crippen LogP contribution in [0.1, 0.15) is 13.3 Å². The zero-order chi connectivity index (χ0) is 10.6. The van der Waals surface area contributed by atoms with Crippen molar-refractivity contribution in [1.29, 1.82) is 0 Å². The van der Waals surface area contributed by atoms with Gasteiger partial charge >= 0.3 is 0 Å². The van der Waals surface area contributed by atoms with Crippen molar-refractivity contribution in [3.8, 4) is 0 Å². The van der Waals surface area contributed by atoms with E-state index in [0.29, 0.717) is 12.2 Å². The molecule has 1 heterocycles. The van der Waals surface area contributed by atoms with Gasteiger partial charge in [-0.05, 0) is 6.42 Å². The first-order chi connectivity index (χ1) is 6.53. The molecule has 0 atom stereocenters. The molecule has 0 saturated carbocycles. The largest absolute Gasteiger partial charge is 0.381 e. The molecule has 7 heteroatoms. The highest BCUT2D eigenvalue weighted by molar-refractivity contribution is 7.91. The summed E-state index contributed by atoms with van der Waals surface area (Å²) in [5.74, 6) is 0.580. The Morgan fingerprint density at radius 1 is 1.50 bits per heavy atom. The zero-order valence-electron chi connectivity index (χ0n) is 8.05. The number of nitrogens with zero attached hydrogens (tertiary/aromatic N) is 3. The van der Waals surface area contributed by atoms with Gasteiger partial charge in [0.25, 0.3) is 0 Å². The summed E-state index contributed by atoms with van der Waals surface area (Å²) in [7, 11) is -2.96. The number of rotatable bonds is 5. The Bertz CT molecular complexity index is 384. The highest BCUT2D eigenvalue weighted by Crippen LogP contribution is 1.96. The summed E-state index contributed by atoms with van der Waals surface area (Å²) in [6.45, 7) is 2.10. The third kappa shape index (κ3) is 3.33. The van der Waals surface area contributed by atoms with E-state index in [9.17, 15) is 8.42 Å². The van der Waals surface area contributed by atoms with Gasteiger partial charge in [-0.2, -0.15) is 9.90 Å². The van der Waals surface area contributed by atoms with Gasteiger partial charge in [0.1, 0.15) is 0 Å². The minimum Gasteiger partial charge on any atom is -0.381 e. The molecule has 0 aliphatic carbocycles. The molecule has 0 aliphatic rings. The predicted octanol–water partition coefficient (Wildman–Crippen LogP) is -0.315. The molecule has 0 aromatic carbocycles. The topological polar surface area (TPSA) is 90.9 Å². The Morgan fingerprint density at radius 2 is 2.21 bits per heavy atom. The summed E-state index contributed by atoms with van der Waals surface area (Å²) in [4.78, 5) is 1.29. The van der Waals surface area contributed by atoms with Gasteiger partial charge < -0.3 is 5.73 Å². The van der Waals surface area contributed by atoms with Gasteiger partial charge in [0, 0.05) is 5.75 Å². The number of nitrogens with two attached hydrogens (primary N) is 1. The second-order valence-corrected chi connectivity index (χ2v) is 5.32. The van der Waals surface area contributed by atoms with E-state index in [4.69, 9.17) is 5.73 Å². The van der Waals surface area contributed by atoms with E-state index in [-0.39, 0.29) is 18.1 Å². The third-order valence-corrected chi connectivity index (χ3v) is 3.51. The van der Waals surface area contributed by atoms with Crippen LogP contribution in [-0.2, 0) is 16.4 Å². The quantitative estimate of drug-likeness (QED) is 0.731. The molecule has 1 aromatic rings. The minimum atomic E-state index is -2.96. The van der Waals surface area contributed by atoms with Gasteiger partial charge in [0.15, 0.2) is 15.7 Å². The second kappa shape index (κ2) is 4.41. The van der Waals surface area contributed by atoms with Crippen molar-refractivity contribution >= 4 is 15.7 Å². The van der Waals surface area contributed by atoms with E-state index >= 15 is 0 Å². The molecule has 80 valence electrons. The third-order valence-electron chi connectivity index (χ3n) is 1.67. The van der Waals surface area contributed by atoms with Crippen LogP contribution in [0.25, 0.3) is 0 Å². The monoisotopic (exact) mass is 218 g/mol. The standard InChI is InChI=1S/C7H14N4O2S/c1-2-4-14(12,13)5-3-11-9-6-7(8)10-11/h6H,2-5H2,1H3,(H2,8,10). The number of anilines is 1. The van der Waals surface area contributed by atoms with Crippen molar-refractivity contribution in [3.05, 3.63) is 6.20 Å². The predicted molar refractivity (Wildman–Crippen MR) is 53.4 cm³/mol. The number of aromatic nitrogens is 3. The van der Waals surface area contributed by atoms with Gasteiger partial charge in [-0.15, -0.1) is 5.10 Å². The Hall–Kier alpha value is -1.11. The van der Waals surface area contributed by atoms with Gasteiger partial charge in [-0.3, -0.25) is 0 Å². The lowest BCUT2D eigenvalue weighted by molar-refractivity contribution is 0.549. The van der Waals surface area contributed by atoms with Crippen LogP contribution in [-0.4, -0.2) is 34.9 Å². The maximum Gasteiger partial charge on any atom is 0.165 e. The zero-order valence-corrected chi connectivity index (χ0v) is 8.87. The lowest BCUT2D eigenvalue weighted by Gasteiger charge is -2.01. The summed E-state index contributed by atoms with van der Waals surface area (Å²) < 4.78 is 22.6. The molecule has 0 bridgehead atoms. The first-order valence-electron chi connectivity index (χ1n) is 4.39. The lowest BCUT2D eigenvalue weighted by atomic mass is 10.6. The van der Waals surface area contributed by atoms with Crippen molar-refractivity contribution in [2.45, 2.75) is 19.9 Å².